The van der Waals surface area contributed by atoms with Crippen molar-refractivity contribution in [1.29, 1.82) is 0 Å². The fraction of sp³-hybridized carbons (Fsp3) is 0.700. The zero-order valence-corrected chi connectivity index (χ0v) is 14.3. The van der Waals surface area contributed by atoms with Gasteiger partial charge in [-0.25, -0.2) is 0 Å². The molecule has 0 radical (unpaired) electrons. The summed E-state index contributed by atoms with van der Waals surface area (Å²) in [6.07, 6.45) is 10.8. The van der Waals surface area contributed by atoms with E-state index in [1.54, 1.807) is 0 Å². The molecule has 1 saturated carbocycles. The van der Waals surface area contributed by atoms with E-state index >= 15 is 0 Å². The number of benzene rings is 1. The summed E-state index contributed by atoms with van der Waals surface area (Å²) in [4.78, 5) is 0. The molecule has 0 heterocycles. The molecular formula is C20H33N. The van der Waals surface area contributed by atoms with Gasteiger partial charge in [-0.1, -0.05) is 63.8 Å². The van der Waals surface area contributed by atoms with Gasteiger partial charge in [0.15, 0.2) is 0 Å². The van der Waals surface area contributed by atoms with Crippen LogP contribution in [0.4, 0.5) is 0 Å². The first kappa shape index (κ1) is 16.5. The highest BCUT2D eigenvalue weighted by molar-refractivity contribution is 5.24. The molecular weight excluding hydrogens is 254 g/mol. The Morgan fingerprint density at radius 1 is 1.10 bits per heavy atom. The topological polar surface area (TPSA) is 12.0 Å². The smallest absolute Gasteiger partial charge is 0.0292 e. The summed E-state index contributed by atoms with van der Waals surface area (Å²) in [5.74, 6) is 0. The highest BCUT2D eigenvalue weighted by Crippen LogP contribution is 2.35. The van der Waals surface area contributed by atoms with Crippen LogP contribution < -0.4 is 5.32 Å². The molecule has 1 heteroatoms. The molecule has 1 aliphatic rings. The zero-order chi connectivity index (χ0) is 15.1. The molecule has 0 bridgehead atoms. The largest absolute Gasteiger partial charge is 0.310 e. The zero-order valence-electron chi connectivity index (χ0n) is 14.3. The SMILES string of the molecule is CCCCc1ccc(C(C)NCC2(C)CCCCC2)cc1. The molecule has 2 rings (SSSR count). The van der Waals surface area contributed by atoms with Gasteiger partial charge in [0.05, 0.1) is 0 Å². The maximum Gasteiger partial charge on any atom is 0.0292 e. The number of hydrogen-bond donors (Lipinski definition) is 1. The van der Waals surface area contributed by atoms with Crippen LogP contribution in [0, 0.1) is 5.41 Å². The monoisotopic (exact) mass is 287 g/mol. The lowest BCUT2D eigenvalue weighted by atomic mass is 9.75. The van der Waals surface area contributed by atoms with Crippen LogP contribution in [-0.2, 0) is 6.42 Å². The van der Waals surface area contributed by atoms with Crippen LogP contribution in [-0.4, -0.2) is 6.54 Å². The lowest BCUT2D eigenvalue weighted by Crippen LogP contribution is -2.34. The van der Waals surface area contributed by atoms with E-state index in [1.165, 1.54) is 62.5 Å². The molecule has 1 atom stereocenters. The molecule has 0 saturated heterocycles. The molecule has 1 nitrogen and oxygen atoms in total. The highest BCUT2D eigenvalue weighted by atomic mass is 14.9. The van der Waals surface area contributed by atoms with Crippen molar-refractivity contribution in [3.05, 3.63) is 35.4 Å². The number of rotatable bonds is 7. The molecule has 0 spiro atoms. The van der Waals surface area contributed by atoms with Crippen LogP contribution >= 0.6 is 0 Å². The van der Waals surface area contributed by atoms with Crippen LogP contribution in [0.25, 0.3) is 0 Å². The summed E-state index contributed by atoms with van der Waals surface area (Å²) in [6, 6.07) is 9.71. The second-order valence-electron chi connectivity index (χ2n) is 7.32. The minimum atomic E-state index is 0.462. The minimum Gasteiger partial charge on any atom is -0.310 e. The predicted molar refractivity (Wildman–Crippen MR) is 92.7 cm³/mol. The Labute approximate surface area is 131 Å². The van der Waals surface area contributed by atoms with Crippen LogP contribution in [0.2, 0.25) is 0 Å². The molecule has 21 heavy (non-hydrogen) atoms. The third kappa shape index (κ3) is 5.14. The predicted octanol–water partition coefficient (Wildman–Crippen LogP) is 5.65. The van der Waals surface area contributed by atoms with Gasteiger partial charge in [-0.3, -0.25) is 0 Å². The van der Waals surface area contributed by atoms with Crippen molar-refractivity contribution in [2.45, 2.75) is 78.2 Å². The first-order chi connectivity index (χ1) is 10.1. The third-order valence-electron chi connectivity index (χ3n) is 5.19. The van der Waals surface area contributed by atoms with Gasteiger partial charge in [0, 0.05) is 12.6 Å². The van der Waals surface area contributed by atoms with Crippen molar-refractivity contribution < 1.29 is 0 Å². The average molecular weight is 287 g/mol. The summed E-state index contributed by atoms with van der Waals surface area (Å²) in [7, 11) is 0. The molecule has 1 aromatic rings. The third-order valence-corrected chi connectivity index (χ3v) is 5.19. The molecule has 0 amide bonds. The molecule has 118 valence electrons. The van der Waals surface area contributed by atoms with Gasteiger partial charge in [-0.2, -0.15) is 0 Å². The quantitative estimate of drug-likeness (QED) is 0.683. The van der Waals surface area contributed by atoms with E-state index in [0.29, 0.717) is 11.5 Å². The van der Waals surface area contributed by atoms with E-state index < -0.39 is 0 Å². The summed E-state index contributed by atoms with van der Waals surface area (Å²) in [5, 5.41) is 3.77. The number of aryl methyl sites for hydroxylation is 1. The van der Waals surface area contributed by atoms with E-state index in [4.69, 9.17) is 0 Å². The van der Waals surface area contributed by atoms with Crippen molar-refractivity contribution in [2.24, 2.45) is 5.41 Å². The fourth-order valence-electron chi connectivity index (χ4n) is 3.45. The Hall–Kier alpha value is -0.820. The Kier molecular flexibility index (Phi) is 6.29. The van der Waals surface area contributed by atoms with E-state index in [9.17, 15) is 0 Å². The maximum absolute atomic E-state index is 3.77. The number of unbranched alkanes of at least 4 members (excludes halogenated alkanes) is 1. The Morgan fingerprint density at radius 2 is 1.76 bits per heavy atom. The van der Waals surface area contributed by atoms with Crippen molar-refractivity contribution in [2.75, 3.05) is 6.54 Å². The highest BCUT2D eigenvalue weighted by Gasteiger charge is 2.26. The molecule has 1 aliphatic carbocycles. The lowest BCUT2D eigenvalue weighted by molar-refractivity contribution is 0.202. The van der Waals surface area contributed by atoms with Crippen LogP contribution in [0.3, 0.4) is 0 Å². The van der Waals surface area contributed by atoms with Gasteiger partial charge >= 0.3 is 0 Å². The minimum absolute atomic E-state index is 0.462. The van der Waals surface area contributed by atoms with Crippen LogP contribution in [0.5, 0.6) is 0 Å². The van der Waals surface area contributed by atoms with E-state index in [0.717, 1.165) is 6.54 Å². The van der Waals surface area contributed by atoms with Crippen molar-refractivity contribution >= 4 is 0 Å². The normalized spacial score (nSPS) is 19.4. The molecule has 1 fully saturated rings. The summed E-state index contributed by atoms with van der Waals surface area (Å²) >= 11 is 0. The molecule has 0 aromatic heterocycles. The number of nitrogens with one attached hydrogen (secondary N) is 1. The first-order valence-corrected chi connectivity index (χ1v) is 8.95. The Morgan fingerprint density at radius 3 is 2.38 bits per heavy atom. The standard InChI is InChI=1S/C20H33N/c1-4-5-9-18-10-12-19(13-11-18)17(2)21-16-20(3)14-7-6-8-15-20/h10-13,17,21H,4-9,14-16H2,1-3H3. The summed E-state index contributed by atoms with van der Waals surface area (Å²) in [5.41, 5.74) is 3.43. The van der Waals surface area contributed by atoms with Crippen molar-refractivity contribution in [3.8, 4) is 0 Å². The van der Waals surface area contributed by atoms with Gasteiger partial charge < -0.3 is 5.32 Å². The van der Waals surface area contributed by atoms with Gasteiger partial charge in [0.25, 0.3) is 0 Å². The van der Waals surface area contributed by atoms with E-state index in [2.05, 4.69) is 50.4 Å². The Balaban J connectivity index is 1.83. The molecule has 1 unspecified atom stereocenters. The van der Waals surface area contributed by atoms with Gasteiger partial charge in [-0.15, -0.1) is 0 Å². The van der Waals surface area contributed by atoms with Gasteiger partial charge in [0.2, 0.25) is 0 Å². The summed E-state index contributed by atoms with van der Waals surface area (Å²) < 4.78 is 0. The van der Waals surface area contributed by atoms with Crippen molar-refractivity contribution in [1.82, 2.24) is 5.32 Å². The maximum atomic E-state index is 3.77. The van der Waals surface area contributed by atoms with E-state index in [1.807, 2.05) is 0 Å². The van der Waals surface area contributed by atoms with Crippen LogP contribution in [0.1, 0.15) is 82.9 Å². The second-order valence-corrected chi connectivity index (χ2v) is 7.32. The van der Waals surface area contributed by atoms with E-state index in [-0.39, 0.29) is 0 Å². The molecule has 1 aromatic carbocycles. The van der Waals surface area contributed by atoms with Gasteiger partial charge in [0.1, 0.15) is 0 Å². The van der Waals surface area contributed by atoms with Gasteiger partial charge in [-0.05, 0) is 49.1 Å². The summed E-state index contributed by atoms with van der Waals surface area (Å²) in [6.45, 7) is 8.17. The molecule has 0 aliphatic heterocycles. The van der Waals surface area contributed by atoms with Crippen molar-refractivity contribution in [3.63, 3.8) is 0 Å². The lowest BCUT2D eigenvalue weighted by Gasteiger charge is -2.35. The molecule has 1 N–H and O–H groups in total. The Bertz CT molecular complexity index is 400. The number of hydrogen-bond acceptors (Lipinski definition) is 1. The van der Waals surface area contributed by atoms with Crippen LogP contribution in [0.15, 0.2) is 24.3 Å². The fourth-order valence-corrected chi connectivity index (χ4v) is 3.45. The first-order valence-electron chi connectivity index (χ1n) is 8.95. The second kappa shape index (κ2) is 7.98. The average Bonchev–Trinajstić information content (AvgIpc) is 2.52.